The topological polar surface area (TPSA) is 38.1 Å². The standard InChI is InChI=1S/C16H16N2O/c1-11-6-5-9-18-15(11)16(17-2)14-10-12-7-3-4-8-13(12)19-14/h3-10,16-17H,1-2H3. The Morgan fingerprint density at radius 1 is 1.16 bits per heavy atom. The van der Waals surface area contributed by atoms with Crippen molar-refractivity contribution in [3.63, 3.8) is 0 Å². The number of aromatic nitrogens is 1. The molecule has 0 fully saturated rings. The molecular weight excluding hydrogens is 236 g/mol. The molecule has 1 aromatic carbocycles. The second kappa shape index (κ2) is 4.86. The second-order valence-electron chi connectivity index (χ2n) is 4.61. The highest BCUT2D eigenvalue weighted by Gasteiger charge is 2.19. The number of hydrogen-bond acceptors (Lipinski definition) is 3. The first-order valence-corrected chi connectivity index (χ1v) is 6.37. The van der Waals surface area contributed by atoms with Gasteiger partial charge in [0.15, 0.2) is 0 Å². The van der Waals surface area contributed by atoms with Gasteiger partial charge in [-0.05, 0) is 37.7 Å². The minimum Gasteiger partial charge on any atom is -0.459 e. The predicted molar refractivity (Wildman–Crippen MR) is 76.1 cm³/mol. The third-order valence-electron chi connectivity index (χ3n) is 3.34. The van der Waals surface area contributed by atoms with Gasteiger partial charge in [0, 0.05) is 11.6 Å². The average molecular weight is 252 g/mol. The summed E-state index contributed by atoms with van der Waals surface area (Å²) in [6.45, 7) is 2.06. The normalized spacial score (nSPS) is 12.7. The van der Waals surface area contributed by atoms with Crippen LogP contribution in [0.2, 0.25) is 0 Å². The zero-order valence-corrected chi connectivity index (χ0v) is 11.1. The van der Waals surface area contributed by atoms with Gasteiger partial charge in [-0.1, -0.05) is 24.3 Å². The van der Waals surface area contributed by atoms with E-state index in [0.29, 0.717) is 0 Å². The van der Waals surface area contributed by atoms with Crippen molar-refractivity contribution in [3.8, 4) is 0 Å². The molecular formula is C16H16N2O. The van der Waals surface area contributed by atoms with Gasteiger partial charge in [0.1, 0.15) is 17.4 Å². The number of para-hydroxylation sites is 1. The molecule has 2 heterocycles. The highest BCUT2D eigenvalue weighted by molar-refractivity contribution is 5.77. The third-order valence-corrected chi connectivity index (χ3v) is 3.34. The van der Waals surface area contributed by atoms with Gasteiger partial charge in [0.2, 0.25) is 0 Å². The lowest BCUT2D eigenvalue weighted by molar-refractivity contribution is 0.484. The van der Waals surface area contributed by atoms with Crippen LogP contribution in [0.1, 0.15) is 23.1 Å². The fourth-order valence-corrected chi connectivity index (χ4v) is 2.36. The molecule has 1 unspecified atom stereocenters. The van der Waals surface area contributed by atoms with Gasteiger partial charge in [-0.25, -0.2) is 0 Å². The Labute approximate surface area is 112 Å². The van der Waals surface area contributed by atoms with E-state index in [0.717, 1.165) is 28.0 Å². The smallest absolute Gasteiger partial charge is 0.134 e. The number of fused-ring (bicyclic) bond motifs is 1. The fraction of sp³-hybridized carbons (Fsp3) is 0.188. The SMILES string of the molecule is CNC(c1cc2ccccc2o1)c1ncccc1C. The molecule has 1 atom stereocenters. The summed E-state index contributed by atoms with van der Waals surface area (Å²) in [6.07, 6.45) is 1.81. The Kier molecular flexibility index (Phi) is 3.05. The first kappa shape index (κ1) is 11.9. The highest BCUT2D eigenvalue weighted by atomic mass is 16.3. The Bertz CT molecular complexity index is 670. The number of nitrogens with zero attached hydrogens (tertiary/aromatic N) is 1. The maximum absolute atomic E-state index is 5.93. The van der Waals surface area contributed by atoms with E-state index in [9.17, 15) is 0 Å². The van der Waals surface area contributed by atoms with E-state index < -0.39 is 0 Å². The van der Waals surface area contributed by atoms with E-state index in [1.54, 1.807) is 0 Å². The summed E-state index contributed by atoms with van der Waals surface area (Å²) in [4.78, 5) is 4.47. The summed E-state index contributed by atoms with van der Waals surface area (Å²) in [7, 11) is 1.92. The molecule has 0 bridgehead atoms. The Hall–Kier alpha value is -2.13. The van der Waals surface area contributed by atoms with Gasteiger partial charge in [-0.15, -0.1) is 0 Å². The molecule has 2 aromatic heterocycles. The molecule has 0 spiro atoms. The number of aryl methyl sites for hydroxylation is 1. The number of benzene rings is 1. The van der Waals surface area contributed by atoms with Crippen LogP contribution in [0.5, 0.6) is 0 Å². The average Bonchev–Trinajstić information content (AvgIpc) is 2.85. The molecule has 0 aliphatic carbocycles. The maximum atomic E-state index is 5.93. The lowest BCUT2D eigenvalue weighted by atomic mass is 10.1. The summed E-state index contributed by atoms with van der Waals surface area (Å²) >= 11 is 0. The Balaban J connectivity index is 2.09. The molecule has 3 aromatic rings. The van der Waals surface area contributed by atoms with Crippen LogP contribution >= 0.6 is 0 Å². The Morgan fingerprint density at radius 2 is 2.00 bits per heavy atom. The molecule has 0 aliphatic heterocycles. The zero-order valence-electron chi connectivity index (χ0n) is 11.1. The van der Waals surface area contributed by atoms with E-state index >= 15 is 0 Å². The summed E-state index contributed by atoms with van der Waals surface area (Å²) in [5.74, 6) is 0.894. The highest BCUT2D eigenvalue weighted by Crippen LogP contribution is 2.28. The molecule has 3 nitrogen and oxygen atoms in total. The van der Waals surface area contributed by atoms with E-state index in [2.05, 4.69) is 35.4 Å². The van der Waals surface area contributed by atoms with E-state index in [1.165, 1.54) is 0 Å². The summed E-state index contributed by atoms with van der Waals surface area (Å²) < 4.78 is 5.93. The molecule has 96 valence electrons. The molecule has 19 heavy (non-hydrogen) atoms. The largest absolute Gasteiger partial charge is 0.459 e. The zero-order chi connectivity index (χ0) is 13.2. The van der Waals surface area contributed by atoms with Crippen LogP contribution in [0, 0.1) is 6.92 Å². The van der Waals surface area contributed by atoms with Crippen LogP contribution in [0.25, 0.3) is 11.0 Å². The summed E-state index contributed by atoms with van der Waals surface area (Å²) in [5, 5.41) is 4.40. The molecule has 1 N–H and O–H groups in total. The number of pyridine rings is 1. The van der Waals surface area contributed by atoms with Crippen molar-refractivity contribution in [3.05, 3.63) is 65.7 Å². The molecule has 0 radical (unpaired) electrons. The lowest BCUT2D eigenvalue weighted by Gasteiger charge is -2.14. The number of rotatable bonds is 3. The van der Waals surface area contributed by atoms with Crippen LogP contribution in [0.15, 0.2) is 53.1 Å². The monoisotopic (exact) mass is 252 g/mol. The third kappa shape index (κ3) is 2.13. The lowest BCUT2D eigenvalue weighted by Crippen LogP contribution is -2.19. The minimum absolute atomic E-state index is 0.0198. The van der Waals surface area contributed by atoms with E-state index in [-0.39, 0.29) is 6.04 Å². The van der Waals surface area contributed by atoms with Crippen molar-refractivity contribution in [2.75, 3.05) is 7.05 Å². The first-order valence-electron chi connectivity index (χ1n) is 6.37. The number of nitrogens with one attached hydrogen (secondary N) is 1. The van der Waals surface area contributed by atoms with E-state index in [4.69, 9.17) is 4.42 Å². The fourth-order valence-electron chi connectivity index (χ4n) is 2.36. The van der Waals surface area contributed by atoms with Crippen LogP contribution in [-0.4, -0.2) is 12.0 Å². The predicted octanol–water partition coefficient (Wildman–Crippen LogP) is 3.45. The molecule has 0 saturated carbocycles. The van der Waals surface area contributed by atoms with Gasteiger partial charge >= 0.3 is 0 Å². The van der Waals surface area contributed by atoms with Crippen molar-refractivity contribution in [2.24, 2.45) is 0 Å². The summed E-state index contributed by atoms with van der Waals surface area (Å²) in [6, 6.07) is 14.1. The van der Waals surface area contributed by atoms with Gasteiger partial charge in [0.25, 0.3) is 0 Å². The minimum atomic E-state index is -0.0198. The molecule has 0 aliphatic rings. The van der Waals surface area contributed by atoms with Crippen LogP contribution in [0.4, 0.5) is 0 Å². The molecule has 0 amide bonds. The number of furan rings is 1. The van der Waals surface area contributed by atoms with Gasteiger partial charge in [0.05, 0.1) is 5.69 Å². The van der Waals surface area contributed by atoms with E-state index in [1.807, 2.05) is 37.5 Å². The maximum Gasteiger partial charge on any atom is 0.134 e. The van der Waals surface area contributed by atoms with Crippen LogP contribution in [-0.2, 0) is 0 Å². The Morgan fingerprint density at radius 3 is 2.74 bits per heavy atom. The van der Waals surface area contributed by atoms with Crippen molar-refractivity contribution in [2.45, 2.75) is 13.0 Å². The molecule has 3 rings (SSSR count). The quantitative estimate of drug-likeness (QED) is 0.776. The van der Waals surface area contributed by atoms with Crippen molar-refractivity contribution in [1.29, 1.82) is 0 Å². The van der Waals surface area contributed by atoms with Crippen molar-refractivity contribution < 1.29 is 4.42 Å². The molecule has 0 saturated heterocycles. The van der Waals surface area contributed by atoms with Crippen LogP contribution < -0.4 is 5.32 Å². The first-order chi connectivity index (χ1) is 9.29. The van der Waals surface area contributed by atoms with Gasteiger partial charge in [-0.3, -0.25) is 4.98 Å². The molecule has 3 heteroatoms. The van der Waals surface area contributed by atoms with Crippen LogP contribution in [0.3, 0.4) is 0 Å². The van der Waals surface area contributed by atoms with Crippen molar-refractivity contribution in [1.82, 2.24) is 10.3 Å². The van der Waals surface area contributed by atoms with Crippen molar-refractivity contribution >= 4 is 11.0 Å². The number of hydrogen-bond donors (Lipinski definition) is 1. The second-order valence-corrected chi connectivity index (χ2v) is 4.61. The van der Waals surface area contributed by atoms with Gasteiger partial charge in [-0.2, -0.15) is 0 Å². The summed E-state index contributed by atoms with van der Waals surface area (Å²) in [5.41, 5.74) is 3.07. The van der Waals surface area contributed by atoms with Gasteiger partial charge < -0.3 is 9.73 Å².